The number of carbonyl (C=O) groups excluding carboxylic acids is 1. The molecule has 1 fully saturated rings. The van der Waals surface area contributed by atoms with E-state index in [0.717, 1.165) is 36.5 Å². The monoisotopic (exact) mass is 412 g/mol. The third-order valence-electron chi connectivity index (χ3n) is 4.93. The Balaban J connectivity index is 1.56. The van der Waals surface area contributed by atoms with Crippen LogP contribution >= 0.6 is 11.8 Å². The summed E-state index contributed by atoms with van der Waals surface area (Å²) in [5, 5.41) is 12.1. The highest BCUT2D eigenvalue weighted by Crippen LogP contribution is 2.31. The Morgan fingerprint density at radius 1 is 1.31 bits per heavy atom. The Labute approximate surface area is 173 Å². The zero-order chi connectivity index (χ0) is 20.2. The number of benzene rings is 1. The van der Waals surface area contributed by atoms with Crippen molar-refractivity contribution < 1.29 is 13.9 Å². The Morgan fingerprint density at radius 2 is 2.14 bits per heavy atom. The third kappa shape index (κ3) is 4.38. The minimum absolute atomic E-state index is 0.0332. The number of aryl methyl sites for hydroxylation is 1. The number of carbonyl (C=O) groups is 1. The summed E-state index contributed by atoms with van der Waals surface area (Å²) in [6.45, 7) is 5.10. The van der Waals surface area contributed by atoms with Crippen LogP contribution in [0.2, 0.25) is 0 Å². The van der Waals surface area contributed by atoms with Gasteiger partial charge in [0.05, 0.1) is 23.2 Å². The Hall–Kier alpha value is -2.58. The average Bonchev–Trinajstić information content (AvgIpc) is 3.48. The van der Waals surface area contributed by atoms with E-state index in [0.29, 0.717) is 17.5 Å². The van der Waals surface area contributed by atoms with Crippen LogP contribution in [0.5, 0.6) is 0 Å². The predicted octanol–water partition coefficient (Wildman–Crippen LogP) is 3.61. The van der Waals surface area contributed by atoms with Crippen molar-refractivity contribution in [3.8, 4) is 17.1 Å². The molecule has 2 aromatic heterocycles. The molecule has 1 aliphatic rings. The SMILES string of the molecule is Cc1occc1-c1nnc(S[C@H](C)C(=O)NC[C@H]2CCCO2)n1-c1ccccc1. The molecule has 0 saturated carbocycles. The highest BCUT2D eigenvalue weighted by Gasteiger charge is 2.24. The first kappa shape index (κ1) is 19.7. The smallest absolute Gasteiger partial charge is 0.233 e. The van der Waals surface area contributed by atoms with Crippen LogP contribution in [0, 0.1) is 6.92 Å². The summed E-state index contributed by atoms with van der Waals surface area (Å²) in [6, 6.07) is 11.8. The van der Waals surface area contributed by atoms with Crippen LogP contribution in [-0.4, -0.2) is 45.2 Å². The molecule has 3 heterocycles. The zero-order valence-electron chi connectivity index (χ0n) is 16.5. The van der Waals surface area contributed by atoms with Crippen molar-refractivity contribution in [3.05, 3.63) is 48.4 Å². The lowest BCUT2D eigenvalue weighted by molar-refractivity contribution is -0.120. The fourth-order valence-electron chi connectivity index (χ4n) is 3.32. The van der Waals surface area contributed by atoms with Gasteiger partial charge in [0.2, 0.25) is 5.91 Å². The summed E-state index contributed by atoms with van der Waals surface area (Å²) in [7, 11) is 0. The number of hydrogen-bond acceptors (Lipinski definition) is 6. The second-order valence-corrected chi connectivity index (χ2v) is 8.32. The minimum Gasteiger partial charge on any atom is -0.469 e. The number of ether oxygens (including phenoxy) is 1. The summed E-state index contributed by atoms with van der Waals surface area (Å²) in [4.78, 5) is 12.6. The summed E-state index contributed by atoms with van der Waals surface area (Å²) in [5.74, 6) is 1.43. The van der Waals surface area contributed by atoms with Crippen molar-refractivity contribution in [3.63, 3.8) is 0 Å². The maximum absolute atomic E-state index is 12.6. The maximum atomic E-state index is 12.6. The molecule has 2 atom stereocenters. The topological polar surface area (TPSA) is 82.2 Å². The molecule has 4 rings (SSSR count). The normalized spacial score (nSPS) is 17.4. The van der Waals surface area contributed by atoms with E-state index in [1.165, 1.54) is 11.8 Å². The molecule has 0 radical (unpaired) electrons. The van der Waals surface area contributed by atoms with Crippen molar-refractivity contribution in [2.24, 2.45) is 0 Å². The molecule has 0 aliphatic carbocycles. The van der Waals surface area contributed by atoms with Gasteiger partial charge in [-0.2, -0.15) is 0 Å². The number of nitrogens with one attached hydrogen (secondary N) is 1. The van der Waals surface area contributed by atoms with Gasteiger partial charge in [0, 0.05) is 18.8 Å². The second-order valence-electron chi connectivity index (χ2n) is 7.01. The van der Waals surface area contributed by atoms with Gasteiger partial charge in [-0.05, 0) is 44.9 Å². The van der Waals surface area contributed by atoms with Gasteiger partial charge in [0.1, 0.15) is 5.76 Å². The summed E-state index contributed by atoms with van der Waals surface area (Å²) in [6.07, 6.45) is 3.82. The van der Waals surface area contributed by atoms with E-state index in [1.54, 1.807) is 6.26 Å². The van der Waals surface area contributed by atoms with Gasteiger partial charge in [0.25, 0.3) is 0 Å². The maximum Gasteiger partial charge on any atom is 0.233 e. The molecule has 0 unspecified atom stereocenters. The van der Waals surface area contributed by atoms with Crippen LogP contribution in [0.3, 0.4) is 0 Å². The summed E-state index contributed by atoms with van der Waals surface area (Å²) < 4.78 is 13.0. The number of aromatic nitrogens is 3. The quantitative estimate of drug-likeness (QED) is 0.597. The number of furan rings is 1. The Kier molecular flexibility index (Phi) is 6.01. The number of thioether (sulfide) groups is 1. The number of hydrogen-bond donors (Lipinski definition) is 1. The van der Waals surface area contributed by atoms with Gasteiger partial charge in [-0.15, -0.1) is 10.2 Å². The largest absolute Gasteiger partial charge is 0.469 e. The fourth-order valence-corrected chi connectivity index (χ4v) is 4.21. The minimum atomic E-state index is -0.318. The highest BCUT2D eigenvalue weighted by molar-refractivity contribution is 8.00. The number of nitrogens with zero attached hydrogens (tertiary/aromatic N) is 3. The molecular formula is C21H24N4O3S. The van der Waals surface area contributed by atoms with Crippen molar-refractivity contribution in [1.29, 1.82) is 0 Å². The van der Waals surface area contributed by atoms with E-state index in [2.05, 4.69) is 15.5 Å². The molecule has 1 amide bonds. The van der Waals surface area contributed by atoms with Gasteiger partial charge in [0.15, 0.2) is 11.0 Å². The van der Waals surface area contributed by atoms with E-state index >= 15 is 0 Å². The van der Waals surface area contributed by atoms with Crippen LogP contribution in [0.1, 0.15) is 25.5 Å². The predicted molar refractivity (Wildman–Crippen MR) is 111 cm³/mol. The van der Waals surface area contributed by atoms with Crippen LogP contribution in [-0.2, 0) is 9.53 Å². The van der Waals surface area contributed by atoms with Crippen molar-refractivity contribution in [2.45, 2.75) is 43.2 Å². The lowest BCUT2D eigenvalue weighted by Crippen LogP contribution is -2.36. The standard InChI is InChI=1S/C21H24N4O3S/c1-14-18(10-12-27-14)19-23-24-21(25(19)16-7-4-3-5-8-16)29-15(2)20(26)22-13-17-9-6-11-28-17/h3-5,7-8,10,12,15,17H,6,9,11,13H2,1-2H3,(H,22,26)/t15-,17-/m1/s1. The van der Waals surface area contributed by atoms with Crippen LogP contribution in [0.15, 0.2) is 52.2 Å². The molecule has 1 aliphatic heterocycles. The van der Waals surface area contributed by atoms with Gasteiger partial charge in [-0.3, -0.25) is 9.36 Å². The molecule has 1 N–H and O–H groups in total. The molecule has 3 aromatic rings. The van der Waals surface area contributed by atoms with Crippen molar-refractivity contribution in [1.82, 2.24) is 20.1 Å². The van der Waals surface area contributed by atoms with Crippen LogP contribution in [0.25, 0.3) is 17.1 Å². The van der Waals surface area contributed by atoms with E-state index in [-0.39, 0.29) is 17.3 Å². The molecule has 0 bridgehead atoms. The van der Waals surface area contributed by atoms with Crippen molar-refractivity contribution >= 4 is 17.7 Å². The van der Waals surface area contributed by atoms with E-state index in [9.17, 15) is 4.79 Å². The van der Waals surface area contributed by atoms with Crippen molar-refractivity contribution in [2.75, 3.05) is 13.2 Å². The molecule has 7 nitrogen and oxygen atoms in total. The first-order chi connectivity index (χ1) is 14.1. The lowest BCUT2D eigenvalue weighted by Gasteiger charge is -2.15. The molecule has 152 valence electrons. The summed E-state index contributed by atoms with van der Waals surface area (Å²) >= 11 is 1.39. The lowest BCUT2D eigenvalue weighted by atomic mass is 10.2. The van der Waals surface area contributed by atoms with E-state index < -0.39 is 0 Å². The first-order valence-electron chi connectivity index (χ1n) is 9.74. The molecule has 8 heteroatoms. The Morgan fingerprint density at radius 3 is 2.83 bits per heavy atom. The Bertz CT molecular complexity index is 963. The summed E-state index contributed by atoms with van der Waals surface area (Å²) in [5.41, 5.74) is 1.81. The molecule has 0 spiro atoms. The van der Waals surface area contributed by atoms with Gasteiger partial charge >= 0.3 is 0 Å². The second kappa shape index (κ2) is 8.84. The molecule has 1 saturated heterocycles. The van der Waals surface area contributed by atoms with Gasteiger partial charge < -0.3 is 14.5 Å². The molecular weight excluding hydrogens is 388 g/mol. The first-order valence-corrected chi connectivity index (χ1v) is 10.6. The van der Waals surface area contributed by atoms with Crippen LogP contribution in [0.4, 0.5) is 0 Å². The fraction of sp³-hybridized carbons (Fsp3) is 0.381. The average molecular weight is 413 g/mol. The third-order valence-corrected chi connectivity index (χ3v) is 5.97. The molecule has 29 heavy (non-hydrogen) atoms. The van der Waals surface area contributed by atoms with E-state index in [4.69, 9.17) is 9.15 Å². The van der Waals surface area contributed by atoms with Gasteiger partial charge in [-0.1, -0.05) is 30.0 Å². The van der Waals surface area contributed by atoms with E-state index in [1.807, 2.05) is 54.8 Å². The zero-order valence-corrected chi connectivity index (χ0v) is 17.3. The number of para-hydroxylation sites is 1. The van der Waals surface area contributed by atoms with Gasteiger partial charge in [-0.25, -0.2) is 0 Å². The molecule has 1 aromatic carbocycles. The highest BCUT2D eigenvalue weighted by atomic mass is 32.2. The number of rotatable bonds is 7. The number of amides is 1. The van der Waals surface area contributed by atoms with Crippen LogP contribution < -0.4 is 5.32 Å².